The van der Waals surface area contributed by atoms with E-state index in [0.717, 1.165) is 51.4 Å². The Morgan fingerprint density at radius 3 is 2.22 bits per heavy atom. The molecule has 3 aromatic rings. The number of nitrogens with one attached hydrogen (secondary N) is 1. The monoisotopic (exact) mass is 378 g/mol. The summed E-state index contributed by atoms with van der Waals surface area (Å²) in [4.78, 5) is 19.9. The van der Waals surface area contributed by atoms with Crippen molar-refractivity contribution in [3.05, 3.63) is 75.7 Å². The van der Waals surface area contributed by atoms with E-state index in [1.165, 1.54) is 0 Å². The number of H-pyrrole nitrogens is 1. The van der Waals surface area contributed by atoms with Gasteiger partial charge in [-0.1, -0.05) is 48.5 Å². The number of aromatic nitrogens is 2. The van der Waals surface area contributed by atoms with Crippen LogP contribution in [0.15, 0.2) is 53.3 Å². The summed E-state index contributed by atoms with van der Waals surface area (Å²) < 4.78 is 0. The molecule has 1 aliphatic heterocycles. The third-order valence-corrected chi connectivity index (χ3v) is 5.90. The first kappa shape index (κ1) is 18.0. The second kappa shape index (κ2) is 6.98. The van der Waals surface area contributed by atoms with Crippen LogP contribution in [0.25, 0.3) is 22.5 Å². The fourth-order valence-electron chi connectivity index (χ4n) is 3.27. The lowest BCUT2D eigenvalue weighted by Gasteiger charge is -2.18. The van der Waals surface area contributed by atoms with Gasteiger partial charge in [-0.15, -0.1) is 0 Å². The largest absolute Gasteiger partial charge is 0.386 e. The van der Waals surface area contributed by atoms with Crippen molar-refractivity contribution in [3.63, 3.8) is 0 Å². The van der Waals surface area contributed by atoms with E-state index in [1.54, 1.807) is 25.6 Å². The number of benzene rings is 2. The minimum Gasteiger partial charge on any atom is -0.386 e. The van der Waals surface area contributed by atoms with Crippen molar-refractivity contribution in [1.29, 1.82) is 0 Å². The molecule has 138 valence electrons. The Morgan fingerprint density at radius 1 is 1.00 bits per heavy atom. The van der Waals surface area contributed by atoms with Gasteiger partial charge in [0.25, 0.3) is 5.56 Å². The quantitative estimate of drug-likeness (QED) is 0.719. The van der Waals surface area contributed by atoms with Gasteiger partial charge >= 0.3 is 0 Å². The Morgan fingerprint density at radius 2 is 1.59 bits per heavy atom. The Hall–Kier alpha value is -2.37. The number of aryl methyl sites for hydroxylation is 1. The molecule has 0 unspecified atom stereocenters. The third kappa shape index (κ3) is 3.70. The van der Waals surface area contributed by atoms with E-state index < -0.39 is 5.60 Å². The standard InChI is InChI=1S/C22H22N2O2S/c1-22(2,26)17-9-7-15(8-10-17)14-3-5-16(6-4-14)20-23-19-11-12-27-13-18(19)21(25)24-20/h3-10,26H,11-13H2,1-2H3,(H,23,24,25). The van der Waals surface area contributed by atoms with Crippen molar-refractivity contribution >= 4 is 11.8 Å². The Labute approximate surface area is 162 Å². The summed E-state index contributed by atoms with van der Waals surface area (Å²) in [6.07, 6.45) is 0.850. The summed E-state index contributed by atoms with van der Waals surface area (Å²) in [6, 6.07) is 16.0. The average Bonchev–Trinajstić information content (AvgIpc) is 2.67. The van der Waals surface area contributed by atoms with Crippen molar-refractivity contribution < 1.29 is 5.11 Å². The first-order valence-corrected chi connectivity index (χ1v) is 10.2. The molecular weight excluding hydrogens is 356 g/mol. The number of aromatic amines is 1. The molecule has 0 spiro atoms. The molecular formula is C22H22N2O2S. The summed E-state index contributed by atoms with van der Waals surface area (Å²) >= 11 is 1.78. The molecule has 0 saturated carbocycles. The molecule has 2 aromatic carbocycles. The van der Waals surface area contributed by atoms with Crippen molar-refractivity contribution in [1.82, 2.24) is 9.97 Å². The van der Waals surface area contributed by atoms with Gasteiger partial charge in [-0.25, -0.2) is 4.98 Å². The van der Waals surface area contributed by atoms with Crippen LogP contribution in [0.1, 0.15) is 30.7 Å². The molecule has 2 N–H and O–H groups in total. The molecule has 27 heavy (non-hydrogen) atoms. The molecule has 0 aliphatic carbocycles. The maximum atomic E-state index is 12.3. The van der Waals surface area contributed by atoms with Gasteiger partial charge in [-0.2, -0.15) is 11.8 Å². The van der Waals surface area contributed by atoms with Crippen LogP contribution in [0.5, 0.6) is 0 Å². The number of aliphatic hydroxyl groups is 1. The fourth-order valence-corrected chi connectivity index (χ4v) is 4.25. The van der Waals surface area contributed by atoms with E-state index in [2.05, 4.69) is 9.97 Å². The first-order chi connectivity index (χ1) is 12.9. The van der Waals surface area contributed by atoms with E-state index in [-0.39, 0.29) is 5.56 Å². The van der Waals surface area contributed by atoms with Crippen LogP contribution in [0.3, 0.4) is 0 Å². The second-order valence-corrected chi connectivity index (χ2v) is 8.46. The fraction of sp³-hybridized carbons (Fsp3) is 0.273. The molecule has 0 saturated heterocycles. The SMILES string of the molecule is CC(C)(O)c1ccc(-c2ccc(-c3nc4c(c(=O)[nH]3)CSCC4)cc2)cc1. The molecule has 2 heterocycles. The zero-order chi connectivity index (χ0) is 19.0. The van der Waals surface area contributed by atoms with Crippen LogP contribution in [0.2, 0.25) is 0 Å². The number of thioether (sulfide) groups is 1. The summed E-state index contributed by atoms with van der Waals surface area (Å²) in [5.41, 5.74) is 4.84. The lowest BCUT2D eigenvalue weighted by molar-refractivity contribution is 0.0786. The Bertz CT molecular complexity index is 1020. The third-order valence-electron chi connectivity index (χ3n) is 4.91. The van der Waals surface area contributed by atoms with Gasteiger partial charge in [0.2, 0.25) is 0 Å². The maximum Gasteiger partial charge on any atom is 0.255 e. The molecule has 0 fully saturated rings. The second-order valence-electron chi connectivity index (χ2n) is 7.36. The summed E-state index contributed by atoms with van der Waals surface area (Å²) in [5, 5.41) is 10.1. The van der Waals surface area contributed by atoms with Crippen molar-refractivity contribution in [2.24, 2.45) is 0 Å². The van der Waals surface area contributed by atoms with Crippen LogP contribution < -0.4 is 5.56 Å². The van der Waals surface area contributed by atoms with Gasteiger partial charge in [0.15, 0.2) is 0 Å². The number of hydrogen-bond acceptors (Lipinski definition) is 4. The number of rotatable bonds is 3. The van der Waals surface area contributed by atoms with Crippen LogP contribution in [-0.2, 0) is 17.8 Å². The zero-order valence-corrected chi connectivity index (χ0v) is 16.3. The highest BCUT2D eigenvalue weighted by Gasteiger charge is 2.17. The summed E-state index contributed by atoms with van der Waals surface area (Å²) in [6.45, 7) is 3.56. The van der Waals surface area contributed by atoms with E-state index in [9.17, 15) is 9.90 Å². The van der Waals surface area contributed by atoms with Crippen LogP contribution in [0.4, 0.5) is 0 Å². The number of nitrogens with zero attached hydrogens (tertiary/aromatic N) is 1. The molecule has 0 bridgehead atoms. The summed E-state index contributed by atoms with van der Waals surface area (Å²) in [7, 11) is 0. The van der Waals surface area contributed by atoms with Gasteiger partial charge in [-0.3, -0.25) is 4.79 Å². The van der Waals surface area contributed by atoms with Gasteiger partial charge in [0, 0.05) is 16.9 Å². The van der Waals surface area contributed by atoms with E-state index in [4.69, 9.17) is 0 Å². The van der Waals surface area contributed by atoms with Gasteiger partial charge in [0.1, 0.15) is 5.82 Å². The lowest BCUT2D eigenvalue weighted by atomic mass is 9.95. The number of fused-ring (bicyclic) bond motifs is 1. The normalized spacial score (nSPS) is 14.0. The molecule has 0 atom stereocenters. The minimum atomic E-state index is -0.842. The van der Waals surface area contributed by atoms with Gasteiger partial charge in [0.05, 0.1) is 11.3 Å². The van der Waals surface area contributed by atoms with E-state index in [1.807, 2.05) is 48.5 Å². The Kier molecular flexibility index (Phi) is 4.66. The highest BCUT2D eigenvalue weighted by molar-refractivity contribution is 7.98. The van der Waals surface area contributed by atoms with Crippen LogP contribution in [-0.4, -0.2) is 20.8 Å². The molecule has 4 nitrogen and oxygen atoms in total. The van der Waals surface area contributed by atoms with Gasteiger partial charge in [-0.05, 0) is 42.7 Å². The smallest absolute Gasteiger partial charge is 0.255 e. The van der Waals surface area contributed by atoms with Gasteiger partial charge < -0.3 is 10.1 Å². The minimum absolute atomic E-state index is 0.0199. The molecule has 5 heteroatoms. The number of hydrogen-bond donors (Lipinski definition) is 2. The van der Waals surface area contributed by atoms with Crippen molar-refractivity contribution in [2.45, 2.75) is 31.6 Å². The molecule has 1 aliphatic rings. The highest BCUT2D eigenvalue weighted by Crippen LogP contribution is 2.27. The van der Waals surface area contributed by atoms with Crippen molar-refractivity contribution in [3.8, 4) is 22.5 Å². The topological polar surface area (TPSA) is 66.0 Å². The summed E-state index contributed by atoms with van der Waals surface area (Å²) in [5.74, 6) is 2.40. The van der Waals surface area contributed by atoms with Crippen molar-refractivity contribution in [2.75, 3.05) is 5.75 Å². The average molecular weight is 378 g/mol. The molecule has 0 amide bonds. The Balaban J connectivity index is 1.63. The molecule has 4 rings (SSSR count). The first-order valence-electron chi connectivity index (χ1n) is 9.05. The zero-order valence-electron chi connectivity index (χ0n) is 15.5. The molecule has 1 aromatic heterocycles. The molecule has 0 radical (unpaired) electrons. The van der Waals surface area contributed by atoms with E-state index in [0.29, 0.717) is 5.82 Å². The highest BCUT2D eigenvalue weighted by atomic mass is 32.2. The van der Waals surface area contributed by atoms with Crippen LogP contribution >= 0.6 is 11.8 Å². The van der Waals surface area contributed by atoms with E-state index >= 15 is 0 Å². The maximum absolute atomic E-state index is 12.3. The lowest BCUT2D eigenvalue weighted by Crippen LogP contribution is -2.21. The predicted octanol–water partition coefficient (Wildman–Crippen LogP) is 4.12. The predicted molar refractivity (Wildman–Crippen MR) is 111 cm³/mol. The van der Waals surface area contributed by atoms with Crippen LogP contribution in [0, 0.1) is 0 Å².